The molecule has 0 aliphatic heterocycles. The Morgan fingerprint density at radius 1 is 1.28 bits per heavy atom. The topological polar surface area (TPSA) is 29.3 Å². The van der Waals surface area contributed by atoms with E-state index in [-0.39, 0.29) is 5.54 Å². The quantitative estimate of drug-likeness (QED) is 0.703. The van der Waals surface area contributed by atoms with Crippen molar-refractivity contribution in [1.29, 1.82) is 0 Å². The molecule has 1 saturated carbocycles. The van der Waals surface area contributed by atoms with Crippen molar-refractivity contribution in [3.05, 3.63) is 0 Å². The van der Waals surface area contributed by atoms with Crippen LogP contribution in [0.5, 0.6) is 0 Å². The van der Waals surface area contributed by atoms with E-state index in [4.69, 9.17) is 5.73 Å². The molecule has 0 bridgehead atoms. The van der Waals surface area contributed by atoms with E-state index in [1.165, 1.54) is 51.5 Å². The van der Waals surface area contributed by atoms with Crippen LogP contribution < -0.4 is 5.73 Å². The molecule has 2 heteroatoms. The molecule has 0 aromatic heterocycles. The van der Waals surface area contributed by atoms with Crippen LogP contribution in [-0.4, -0.2) is 30.6 Å². The van der Waals surface area contributed by atoms with Crippen LogP contribution in [-0.2, 0) is 0 Å². The Morgan fingerprint density at radius 3 is 2.56 bits per heavy atom. The second kappa shape index (κ2) is 7.49. The number of hydrogen-bond donors (Lipinski definition) is 1. The minimum absolute atomic E-state index is 0.278. The van der Waals surface area contributed by atoms with Crippen LogP contribution in [0.4, 0.5) is 0 Å². The van der Waals surface area contributed by atoms with Crippen LogP contribution in [0.1, 0.15) is 65.7 Å². The Balaban J connectivity index is 2.73. The fourth-order valence-electron chi connectivity index (χ4n) is 3.91. The fourth-order valence-corrected chi connectivity index (χ4v) is 3.91. The number of rotatable bonds is 7. The molecule has 2 N–H and O–H groups in total. The predicted molar refractivity (Wildman–Crippen MR) is 80.7 cm³/mol. The summed E-state index contributed by atoms with van der Waals surface area (Å²) in [7, 11) is 2.31. The van der Waals surface area contributed by atoms with Crippen LogP contribution in [0, 0.1) is 11.8 Å². The monoisotopic (exact) mass is 254 g/mol. The van der Waals surface area contributed by atoms with Gasteiger partial charge >= 0.3 is 0 Å². The number of likely N-dealkylation sites (N-methyl/N-ethyl adjacent to an activating group) is 1. The van der Waals surface area contributed by atoms with Crippen molar-refractivity contribution in [2.75, 3.05) is 20.1 Å². The largest absolute Gasteiger partial charge is 0.329 e. The van der Waals surface area contributed by atoms with Gasteiger partial charge in [-0.25, -0.2) is 0 Å². The standard InChI is InChI=1S/C16H34N2/c1-5-6-9-12-18(4)16(13-17)11-8-7-10-15(16)14(2)3/h14-15H,5-13,17H2,1-4H3. The molecule has 0 saturated heterocycles. The van der Waals surface area contributed by atoms with Crippen molar-refractivity contribution in [1.82, 2.24) is 4.90 Å². The summed E-state index contributed by atoms with van der Waals surface area (Å²) in [5.74, 6) is 1.53. The van der Waals surface area contributed by atoms with Gasteiger partial charge in [-0.15, -0.1) is 0 Å². The Kier molecular flexibility index (Phi) is 6.65. The zero-order valence-electron chi connectivity index (χ0n) is 13.0. The molecule has 1 fully saturated rings. The van der Waals surface area contributed by atoms with Crippen LogP contribution in [0.15, 0.2) is 0 Å². The molecule has 0 amide bonds. The van der Waals surface area contributed by atoms with Crippen molar-refractivity contribution >= 4 is 0 Å². The summed E-state index contributed by atoms with van der Waals surface area (Å²) in [6.07, 6.45) is 9.39. The zero-order chi connectivity index (χ0) is 13.6. The van der Waals surface area contributed by atoms with Gasteiger partial charge < -0.3 is 5.73 Å². The molecular weight excluding hydrogens is 220 g/mol. The summed E-state index contributed by atoms with van der Waals surface area (Å²) in [5.41, 5.74) is 6.51. The smallest absolute Gasteiger partial charge is 0.0359 e. The summed E-state index contributed by atoms with van der Waals surface area (Å²) < 4.78 is 0. The Bertz CT molecular complexity index is 227. The third-order valence-electron chi connectivity index (χ3n) is 5.08. The first-order chi connectivity index (χ1) is 8.58. The Hall–Kier alpha value is -0.0800. The SMILES string of the molecule is CCCCCN(C)C1(CN)CCCCC1C(C)C. The normalized spacial score (nSPS) is 29.2. The third-order valence-corrected chi connectivity index (χ3v) is 5.08. The lowest BCUT2D eigenvalue weighted by atomic mass is 9.67. The maximum atomic E-state index is 6.23. The molecule has 0 aromatic carbocycles. The molecule has 1 aliphatic carbocycles. The lowest BCUT2D eigenvalue weighted by molar-refractivity contribution is 0.00250. The molecule has 0 radical (unpaired) electrons. The third kappa shape index (κ3) is 3.48. The summed E-state index contributed by atoms with van der Waals surface area (Å²) in [5, 5.41) is 0. The van der Waals surface area contributed by atoms with Gasteiger partial charge in [0.2, 0.25) is 0 Å². The van der Waals surface area contributed by atoms with E-state index < -0.39 is 0 Å². The van der Waals surface area contributed by atoms with Gasteiger partial charge in [-0.1, -0.05) is 46.5 Å². The van der Waals surface area contributed by atoms with E-state index in [1.54, 1.807) is 0 Å². The van der Waals surface area contributed by atoms with E-state index in [0.717, 1.165) is 18.4 Å². The van der Waals surface area contributed by atoms with Gasteiger partial charge in [-0.05, 0) is 44.7 Å². The van der Waals surface area contributed by atoms with Gasteiger partial charge in [0.1, 0.15) is 0 Å². The van der Waals surface area contributed by atoms with Crippen molar-refractivity contribution in [3.8, 4) is 0 Å². The molecule has 0 aromatic rings. The highest BCUT2D eigenvalue weighted by atomic mass is 15.2. The van der Waals surface area contributed by atoms with E-state index >= 15 is 0 Å². The average molecular weight is 254 g/mol. The molecule has 108 valence electrons. The predicted octanol–water partition coefficient (Wildman–Crippen LogP) is 3.65. The van der Waals surface area contributed by atoms with Gasteiger partial charge in [0.15, 0.2) is 0 Å². The van der Waals surface area contributed by atoms with Gasteiger partial charge in [0.25, 0.3) is 0 Å². The van der Waals surface area contributed by atoms with Crippen LogP contribution in [0.25, 0.3) is 0 Å². The molecule has 1 aliphatic rings. The number of unbranched alkanes of at least 4 members (excludes halogenated alkanes) is 2. The van der Waals surface area contributed by atoms with Gasteiger partial charge in [0.05, 0.1) is 0 Å². The first-order valence-corrected chi connectivity index (χ1v) is 7.99. The van der Waals surface area contributed by atoms with E-state index in [0.29, 0.717) is 0 Å². The molecule has 0 spiro atoms. The fraction of sp³-hybridized carbons (Fsp3) is 1.00. The van der Waals surface area contributed by atoms with Crippen molar-refractivity contribution < 1.29 is 0 Å². The Morgan fingerprint density at radius 2 is 2.00 bits per heavy atom. The van der Waals surface area contributed by atoms with Crippen molar-refractivity contribution in [2.24, 2.45) is 17.6 Å². The molecule has 0 heterocycles. The zero-order valence-corrected chi connectivity index (χ0v) is 13.0. The highest BCUT2D eigenvalue weighted by molar-refractivity contribution is 4.99. The van der Waals surface area contributed by atoms with Crippen LogP contribution in [0.2, 0.25) is 0 Å². The molecule has 2 nitrogen and oxygen atoms in total. The van der Waals surface area contributed by atoms with Gasteiger partial charge in [0, 0.05) is 12.1 Å². The van der Waals surface area contributed by atoms with E-state index in [9.17, 15) is 0 Å². The van der Waals surface area contributed by atoms with E-state index in [2.05, 4.69) is 32.7 Å². The minimum Gasteiger partial charge on any atom is -0.329 e. The lowest BCUT2D eigenvalue weighted by Gasteiger charge is -2.51. The highest BCUT2D eigenvalue weighted by Gasteiger charge is 2.43. The number of nitrogens with zero attached hydrogens (tertiary/aromatic N) is 1. The highest BCUT2D eigenvalue weighted by Crippen LogP contribution is 2.41. The minimum atomic E-state index is 0.278. The van der Waals surface area contributed by atoms with Crippen LogP contribution >= 0.6 is 0 Å². The molecular formula is C16H34N2. The number of hydrogen-bond acceptors (Lipinski definition) is 2. The summed E-state index contributed by atoms with van der Waals surface area (Å²) >= 11 is 0. The molecule has 18 heavy (non-hydrogen) atoms. The van der Waals surface area contributed by atoms with Gasteiger partial charge in [-0.3, -0.25) is 4.90 Å². The molecule has 1 rings (SSSR count). The molecule has 2 unspecified atom stereocenters. The molecule has 2 atom stereocenters. The lowest BCUT2D eigenvalue weighted by Crippen LogP contribution is -2.60. The van der Waals surface area contributed by atoms with E-state index in [1.807, 2.05) is 0 Å². The average Bonchev–Trinajstić information content (AvgIpc) is 2.38. The van der Waals surface area contributed by atoms with Crippen molar-refractivity contribution in [3.63, 3.8) is 0 Å². The van der Waals surface area contributed by atoms with Crippen LogP contribution in [0.3, 0.4) is 0 Å². The summed E-state index contributed by atoms with van der Waals surface area (Å²) in [6, 6.07) is 0. The first-order valence-electron chi connectivity index (χ1n) is 7.99. The number of nitrogens with two attached hydrogens (primary N) is 1. The summed E-state index contributed by atoms with van der Waals surface area (Å²) in [6.45, 7) is 9.07. The first kappa shape index (κ1) is 16.0. The summed E-state index contributed by atoms with van der Waals surface area (Å²) in [4.78, 5) is 2.60. The Labute approximate surface area is 114 Å². The second-order valence-corrected chi connectivity index (χ2v) is 6.53. The van der Waals surface area contributed by atoms with Gasteiger partial charge in [-0.2, -0.15) is 0 Å². The maximum absolute atomic E-state index is 6.23. The van der Waals surface area contributed by atoms with Crippen molar-refractivity contribution in [2.45, 2.75) is 71.3 Å². The maximum Gasteiger partial charge on any atom is 0.0359 e. The second-order valence-electron chi connectivity index (χ2n) is 6.53.